The number of hydrogen-bond acceptors (Lipinski definition) is 5. The number of aromatic nitrogens is 3. The maximum absolute atomic E-state index is 12.5. The Bertz CT molecular complexity index is 714. The highest BCUT2D eigenvalue weighted by molar-refractivity contribution is 5.85. The van der Waals surface area contributed by atoms with Crippen LogP contribution in [0.15, 0.2) is 24.7 Å². The van der Waals surface area contributed by atoms with E-state index >= 15 is 0 Å². The third kappa shape index (κ3) is 3.10. The number of ether oxygens (including phenoxy) is 1. The van der Waals surface area contributed by atoms with Gasteiger partial charge in [-0.2, -0.15) is 5.10 Å². The lowest BCUT2D eigenvalue weighted by atomic mass is 10.0. The molecule has 0 saturated carbocycles. The van der Waals surface area contributed by atoms with Crippen LogP contribution in [0.2, 0.25) is 0 Å². The van der Waals surface area contributed by atoms with Crippen molar-refractivity contribution in [1.29, 1.82) is 0 Å². The molecule has 0 unspecified atom stereocenters. The molecule has 1 fully saturated rings. The van der Waals surface area contributed by atoms with Crippen LogP contribution in [0.4, 0.5) is 4.79 Å². The van der Waals surface area contributed by atoms with Gasteiger partial charge in [0.2, 0.25) is 5.91 Å². The number of nitrogens with zero attached hydrogens (tertiary/aromatic N) is 4. The monoisotopic (exact) mass is 317 g/mol. The van der Waals surface area contributed by atoms with Crippen LogP contribution < -0.4 is 5.32 Å². The molecule has 2 aromatic rings. The quantitative estimate of drug-likeness (QED) is 0.911. The van der Waals surface area contributed by atoms with Crippen molar-refractivity contribution in [2.75, 3.05) is 13.7 Å². The molecule has 0 aromatic carbocycles. The molecule has 3 rings (SSSR count). The van der Waals surface area contributed by atoms with Gasteiger partial charge in [-0.15, -0.1) is 0 Å². The Morgan fingerprint density at radius 1 is 1.43 bits per heavy atom. The molecule has 8 nitrogen and oxygen atoms in total. The fourth-order valence-electron chi connectivity index (χ4n) is 2.84. The Labute approximate surface area is 133 Å². The highest BCUT2D eigenvalue weighted by Gasteiger charge is 2.32. The van der Waals surface area contributed by atoms with E-state index in [2.05, 4.69) is 15.4 Å². The van der Waals surface area contributed by atoms with Gasteiger partial charge in [-0.3, -0.25) is 9.69 Å². The third-order valence-corrected chi connectivity index (χ3v) is 4.02. The molecular formula is C15H19N5O3. The molecule has 0 bridgehead atoms. The van der Waals surface area contributed by atoms with Crippen LogP contribution in [0.1, 0.15) is 24.8 Å². The summed E-state index contributed by atoms with van der Waals surface area (Å²) in [6, 6.07) is 1.31. The molecule has 0 radical (unpaired) electrons. The van der Waals surface area contributed by atoms with Gasteiger partial charge in [-0.25, -0.2) is 14.3 Å². The van der Waals surface area contributed by atoms with E-state index in [-0.39, 0.29) is 5.91 Å². The van der Waals surface area contributed by atoms with Crippen LogP contribution in [0, 0.1) is 0 Å². The summed E-state index contributed by atoms with van der Waals surface area (Å²) in [7, 11) is 1.33. The molecule has 23 heavy (non-hydrogen) atoms. The topological polar surface area (TPSA) is 88.8 Å². The molecule has 1 aliphatic rings. The lowest BCUT2D eigenvalue weighted by molar-refractivity contribution is -0.127. The molecule has 0 aliphatic carbocycles. The number of hydrogen-bond donors (Lipinski definition) is 1. The van der Waals surface area contributed by atoms with Gasteiger partial charge >= 0.3 is 6.09 Å². The Hall–Kier alpha value is -2.64. The average Bonchev–Trinajstić information content (AvgIpc) is 3.02. The summed E-state index contributed by atoms with van der Waals surface area (Å²) in [5.41, 5.74) is 1.54. The second-order valence-electron chi connectivity index (χ2n) is 5.45. The van der Waals surface area contributed by atoms with Crippen LogP contribution >= 0.6 is 0 Å². The highest BCUT2D eigenvalue weighted by atomic mass is 16.5. The van der Waals surface area contributed by atoms with E-state index in [1.807, 2.05) is 0 Å². The van der Waals surface area contributed by atoms with E-state index in [1.54, 1.807) is 29.2 Å². The van der Waals surface area contributed by atoms with Gasteiger partial charge in [0, 0.05) is 31.0 Å². The van der Waals surface area contributed by atoms with Gasteiger partial charge in [-0.05, 0) is 25.3 Å². The summed E-state index contributed by atoms with van der Waals surface area (Å²) >= 11 is 0. The first kappa shape index (κ1) is 15.3. The van der Waals surface area contributed by atoms with E-state index in [0.29, 0.717) is 25.2 Å². The molecule has 8 heteroatoms. The molecule has 3 heterocycles. The van der Waals surface area contributed by atoms with Crippen molar-refractivity contribution in [3.63, 3.8) is 0 Å². The van der Waals surface area contributed by atoms with Crippen molar-refractivity contribution in [1.82, 2.24) is 24.8 Å². The van der Waals surface area contributed by atoms with E-state index < -0.39 is 12.1 Å². The van der Waals surface area contributed by atoms with E-state index in [0.717, 1.165) is 18.4 Å². The molecule has 0 spiro atoms. The van der Waals surface area contributed by atoms with E-state index in [4.69, 9.17) is 4.74 Å². The first-order chi connectivity index (χ1) is 11.2. The molecule has 122 valence electrons. The number of carbonyl (C=O) groups is 2. The van der Waals surface area contributed by atoms with Gasteiger partial charge in [0.1, 0.15) is 6.04 Å². The Balaban J connectivity index is 1.67. The first-order valence-electron chi connectivity index (χ1n) is 7.60. The maximum Gasteiger partial charge on any atom is 0.410 e. The number of carbonyl (C=O) groups excluding carboxylic acids is 2. The molecule has 1 aliphatic heterocycles. The van der Waals surface area contributed by atoms with E-state index in [1.165, 1.54) is 12.0 Å². The smallest absolute Gasteiger partial charge is 0.410 e. The lowest BCUT2D eigenvalue weighted by Gasteiger charge is -2.33. The Kier molecular flexibility index (Phi) is 4.40. The second kappa shape index (κ2) is 6.64. The van der Waals surface area contributed by atoms with Gasteiger partial charge in [0.25, 0.3) is 0 Å². The van der Waals surface area contributed by atoms with Crippen LogP contribution in [0.5, 0.6) is 0 Å². The van der Waals surface area contributed by atoms with Crippen molar-refractivity contribution in [2.24, 2.45) is 0 Å². The summed E-state index contributed by atoms with van der Waals surface area (Å²) in [6.07, 6.45) is 7.16. The van der Waals surface area contributed by atoms with Crippen LogP contribution in [0.3, 0.4) is 0 Å². The highest BCUT2D eigenvalue weighted by Crippen LogP contribution is 2.18. The molecule has 2 aromatic heterocycles. The van der Waals surface area contributed by atoms with Crippen molar-refractivity contribution in [2.45, 2.75) is 31.8 Å². The molecule has 1 N–H and O–H groups in total. The third-order valence-electron chi connectivity index (χ3n) is 4.02. The van der Waals surface area contributed by atoms with Gasteiger partial charge in [0.15, 0.2) is 5.65 Å². The van der Waals surface area contributed by atoms with Gasteiger partial charge in [-0.1, -0.05) is 0 Å². The number of methoxy groups -OCH3 is 1. The number of rotatable bonds is 3. The maximum atomic E-state index is 12.5. The largest absolute Gasteiger partial charge is 0.453 e. The first-order valence-corrected chi connectivity index (χ1v) is 7.60. The minimum absolute atomic E-state index is 0.176. The average molecular weight is 317 g/mol. The fraction of sp³-hybridized carbons (Fsp3) is 0.467. The molecule has 1 atom stereocenters. The molecule has 2 amide bonds. The zero-order chi connectivity index (χ0) is 16.2. The number of likely N-dealkylation sites (tertiary alicyclic amines) is 1. The summed E-state index contributed by atoms with van der Waals surface area (Å²) in [5, 5.41) is 7.06. The predicted octanol–water partition coefficient (Wildman–Crippen LogP) is 0.966. The minimum atomic E-state index is -0.481. The Morgan fingerprint density at radius 3 is 3.13 bits per heavy atom. The number of nitrogens with one attached hydrogen (secondary N) is 1. The number of fused-ring (bicyclic) bond motifs is 1. The summed E-state index contributed by atoms with van der Waals surface area (Å²) in [5.74, 6) is -0.176. The van der Waals surface area contributed by atoms with Crippen LogP contribution in [0.25, 0.3) is 5.65 Å². The fourth-order valence-corrected chi connectivity index (χ4v) is 2.84. The predicted molar refractivity (Wildman–Crippen MR) is 81.6 cm³/mol. The normalized spacial score (nSPS) is 18.0. The van der Waals surface area contributed by atoms with Crippen molar-refractivity contribution in [3.05, 3.63) is 30.2 Å². The van der Waals surface area contributed by atoms with Crippen molar-refractivity contribution in [3.8, 4) is 0 Å². The van der Waals surface area contributed by atoms with Crippen molar-refractivity contribution >= 4 is 17.6 Å². The SMILES string of the molecule is COC(=O)N1CCCC[C@H]1C(=O)NCc1cnn2cccnc12. The van der Waals surface area contributed by atoms with Gasteiger partial charge in [0.05, 0.1) is 13.3 Å². The molecule has 1 saturated heterocycles. The number of amides is 2. The van der Waals surface area contributed by atoms with E-state index in [9.17, 15) is 9.59 Å². The van der Waals surface area contributed by atoms with Gasteiger partial charge < -0.3 is 10.1 Å². The summed E-state index contributed by atoms with van der Waals surface area (Å²) in [4.78, 5) is 30.0. The molecular weight excluding hydrogens is 298 g/mol. The summed E-state index contributed by atoms with van der Waals surface area (Å²) < 4.78 is 6.42. The number of piperidine rings is 1. The van der Waals surface area contributed by atoms with Crippen LogP contribution in [-0.2, 0) is 16.1 Å². The summed E-state index contributed by atoms with van der Waals surface area (Å²) in [6.45, 7) is 0.869. The lowest BCUT2D eigenvalue weighted by Crippen LogP contribution is -2.51. The Morgan fingerprint density at radius 2 is 2.30 bits per heavy atom. The van der Waals surface area contributed by atoms with Crippen molar-refractivity contribution < 1.29 is 14.3 Å². The second-order valence-corrected chi connectivity index (χ2v) is 5.45. The van der Waals surface area contributed by atoms with Crippen LogP contribution in [-0.4, -0.2) is 51.2 Å². The standard InChI is InChI=1S/C15H19N5O3/c1-23-15(22)19-7-3-2-5-12(19)14(21)17-9-11-10-18-20-8-4-6-16-13(11)20/h4,6,8,10,12H,2-3,5,7,9H2,1H3,(H,17,21)/t12-/m0/s1. The zero-order valence-corrected chi connectivity index (χ0v) is 12.9. The minimum Gasteiger partial charge on any atom is -0.453 e. The zero-order valence-electron chi connectivity index (χ0n) is 12.9.